The van der Waals surface area contributed by atoms with Crippen molar-refractivity contribution in [2.75, 3.05) is 0 Å². The summed E-state index contributed by atoms with van der Waals surface area (Å²) in [6.07, 6.45) is 9.48. The minimum absolute atomic E-state index is 0.0283. The predicted octanol–water partition coefficient (Wildman–Crippen LogP) is 6.72. The van der Waals surface area contributed by atoms with E-state index >= 15 is 0 Å². The number of esters is 1. The summed E-state index contributed by atoms with van der Waals surface area (Å²) in [7, 11) is 0. The second-order valence-corrected chi connectivity index (χ2v) is 8.52. The minimum Gasteiger partial charge on any atom is -0.462 e. The molecule has 166 valence electrons. The molecule has 1 aromatic rings. The van der Waals surface area contributed by atoms with Crippen LogP contribution in [0.5, 0.6) is 0 Å². The Kier molecular flexibility index (Phi) is 7.95. The van der Waals surface area contributed by atoms with E-state index in [-0.39, 0.29) is 23.9 Å². The van der Waals surface area contributed by atoms with Crippen molar-refractivity contribution in [2.45, 2.75) is 69.6 Å². The molecule has 0 spiro atoms. The normalized spacial score (nSPS) is 27.3. The molecule has 0 aromatic heterocycles. The van der Waals surface area contributed by atoms with Gasteiger partial charge in [-0.2, -0.15) is 18.4 Å². The molecule has 0 amide bonds. The van der Waals surface area contributed by atoms with Crippen LogP contribution < -0.4 is 0 Å². The third-order valence-electron chi connectivity index (χ3n) is 6.44. The lowest BCUT2D eigenvalue weighted by Crippen LogP contribution is -2.29. The van der Waals surface area contributed by atoms with Crippen molar-refractivity contribution in [1.82, 2.24) is 0 Å². The molecule has 0 radical (unpaired) electrons. The van der Waals surface area contributed by atoms with E-state index in [2.05, 4.69) is 6.08 Å². The van der Waals surface area contributed by atoms with E-state index in [9.17, 15) is 18.0 Å². The van der Waals surface area contributed by atoms with Crippen molar-refractivity contribution < 1.29 is 22.7 Å². The zero-order valence-corrected chi connectivity index (χ0v) is 17.5. The fourth-order valence-electron chi connectivity index (χ4n) is 4.59. The van der Waals surface area contributed by atoms with Gasteiger partial charge in [0.1, 0.15) is 6.10 Å². The van der Waals surface area contributed by atoms with Gasteiger partial charge in [-0.15, -0.1) is 0 Å². The fraction of sp³-hybridized carbons (Fsp3) is 0.520. The first-order chi connectivity index (χ1) is 14.9. The van der Waals surface area contributed by atoms with Crippen molar-refractivity contribution in [3.05, 3.63) is 59.7 Å². The van der Waals surface area contributed by atoms with Crippen LogP contribution in [0.3, 0.4) is 0 Å². The van der Waals surface area contributed by atoms with Crippen molar-refractivity contribution >= 4 is 5.97 Å². The molecular weight excluding hydrogens is 403 g/mol. The summed E-state index contributed by atoms with van der Waals surface area (Å²) in [6, 6.07) is 7.36. The smallest absolute Gasteiger partial charge is 0.416 e. The molecule has 0 saturated heterocycles. The molecule has 1 aromatic carbocycles. The van der Waals surface area contributed by atoms with Crippen LogP contribution in [-0.4, -0.2) is 12.1 Å². The Labute approximate surface area is 181 Å². The number of rotatable bonds is 5. The number of halogens is 3. The van der Waals surface area contributed by atoms with E-state index in [1.54, 1.807) is 18.2 Å². The summed E-state index contributed by atoms with van der Waals surface area (Å²) in [5, 5.41) is 8.48. The maximum Gasteiger partial charge on any atom is 0.416 e. The van der Waals surface area contributed by atoms with Gasteiger partial charge < -0.3 is 4.74 Å². The zero-order valence-electron chi connectivity index (χ0n) is 17.5. The number of hydrogen-bond donors (Lipinski definition) is 0. The quantitative estimate of drug-likeness (QED) is 0.295. The Morgan fingerprint density at radius 1 is 0.968 bits per heavy atom. The highest BCUT2D eigenvalue weighted by Gasteiger charge is 2.32. The van der Waals surface area contributed by atoms with Gasteiger partial charge in [-0.05, 0) is 80.9 Å². The average Bonchev–Trinajstić information content (AvgIpc) is 2.77. The van der Waals surface area contributed by atoms with Gasteiger partial charge in [0, 0.05) is 6.08 Å². The van der Waals surface area contributed by atoms with Gasteiger partial charge >= 0.3 is 12.1 Å². The highest BCUT2D eigenvalue weighted by atomic mass is 19.4. The fourth-order valence-corrected chi connectivity index (χ4v) is 4.59. The summed E-state index contributed by atoms with van der Waals surface area (Å²) < 4.78 is 44.0. The molecule has 2 aliphatic rings. The highest BCUT2D eigenvalue weighted by molar-refractivity contribution is 5.72. The molecule has 3 rings (SSSR count). The van der Waals surface area contributed by atoms with E-state index in [1.807, 2.05) is 12.1 Å². The number of carbonyl (C=O) groups is 1. The molecule has 0 heterocycles. The number of benzene rings is 1. The summed E-state index contributed by atoms with van der Waals surface area (Å²) in [5.41, 5.74) is 0.285. The lowest BCUT2D eigenvalue weighted by Gasteiger charge is -2.31. The molecule has 2 saturated carbocycles. The van der Waals surface area contributed by atoms with E-state index in [1.165, 1.54) is 6.08 Å². The molecule has 0 atom stereocenters. The molecular formula is C25H28F3NO2. The van der Waals surface area contributed by atoms with Crippen molar-refractivity contribution in [3.63, 3.8) is 0 Å². The third-order valence-corrected chi connectivity index (χ3v) is 6.44. The Hall–Kier alpha value is -2.55. The Bertz CT molecular complexity index is 820. The number of hydrogen-bond acceptors (Lipinski definition) is 3. The molecule has 31 heavy (non-hydrogen) atoms. The van der Waals surface area contributed by atoms with Gasteiger partial charge in [-0.3, -0.25) is 4.79 Å². The SMILES string of the molecule is N#CC=C/C=C/C1CCC(OC(=O)[C@H]2CC[C@H](c3ccc(C(F)(F)F)cc3)CC2)CC1. The van der Waals surface area contributed by atoms with Gasteiger partial charge in [-0.25, -0.2) is 0 Å². The van der Waals surface area contributed by atoms with Gasteiger partial charge in [0.2, 0.25) is 0 Å². The molecule has 2 fully saturated rings. The van der Waals surface area contributed by atoms with Crippen LogP contribution in [0, 0.1) is 23.2 Å². The van der Waals surface area contributed by atoms with Gasteiger partial charge in [0.05, 0.1) is 17.6 Å². The largest absolute Gasteiger partial charge is 0.462 e. The highest BCUT2D eigenvalue weighted by Crippen LogP contribution is 2.38. The molecule has 0 bridgehead atoms. The van der Waals surface area contributed by atoms with Gasteiger partial charge in [0.25, 0.3) is 0 Å². The lowest BCUT2D eigenvalue weighted by atomic mass is 9.78. The Balaban J connectivity index is 1.41. The molecule has 2 aliphatic carbocycles. The summed E-state index contributed by atoms with van der Waals surface area (Å²) >= 11 is 0. The number of ether oxygens (including phenoxy) is 1. The van der Waals surface area contributed by atoms with Crippen LogP contribution in [0.4, 0.5) is 13.2 Å². The Morgan fingerprint density at radius 3 is 2.19 bits per heavy atom. The van der Waals surface area contributed by atoms with Crippen molar-refractivity contribution in [3.8, 4) is 6.07 Å². The Morgan fingerprint density at radius 2 is 1.61 bits per heavy atom. The number of alkyl halides is 3. The van der Waals surface area contributed by atoms with E-state index < -0.39 is 11.7 Å². The van der Waals surface area contributed by atoms with E-state index in [0.717, 1.165) is 56.2 Å². The number of nitrogens with zero attached hydrogens (tertiary/aromatic N) is 1. The van der Waals surface area contributed by atoms with E-state index in [0.29, 0.717) is 18.8 Å². The maximum absolute atomic E-state index is 12.7. The number of carbonyl (C=O) groups excluding carboxylic acids is 1. The first-order valence-electron chi connectivity index (χ1n) is 11.0. The van der Waals surface area contributed by atoms with Crippen molar-refractivity contribution in [1.29, 1.82) is 5.26 Å². The summed E-state index contributed by atoms with van der Waals surface area (Å²) in [6.45, 7) is 0. The topological polar surface area (TPSA) is 50.1 Å². The molecule has 0 N–H and O–H groups in total. The molecule has 3 nitrogen and oxygen atoms in total. The second kappa shape index (κ2) is 10.7. The van der Waals surface area contributed by atoms with Crippen molar-refractivity contribution in [2.24, 2.45) is 11.8 Å². The van der Waals surface area contributed by atoms with Crippen LogP contribution >= 0.6 is 0 Å². The number of allylic oxidation sites excluding steroid dienone is 4. The monoisotopic (exact) mass is 431 g/mol. The molecule has 0 aliphatic heterocycles. The first kappa shape index (κ1) is 23.1. The molecule has 6 heteroatoms. The number of nitriles is 1. The van der Waals surface area contributed by atoms with E-state index in [4.69, 9.17) is 10.00 Å². The second-order valence-electron chi connectivity index (χ2n) is 8.52. The van der Waals surface area contributed by atoms with Gasteiger partial charge in [-0.1, -0.05) is 30.4 Å². The zero-order chi connectivity index (χ0) is 22.3. The van der Waals surface area contributed by atoms with Crippen LogP contribution in [0.15, 0.2) is 48.6 Å². The van der Waals surface area contributed by atoms with Crippen LogP contribution in [0.2, 0.25) is 0 Å². The lowest BCUT2D eigenvalue weighted by molar-refractivity contribution is -0.157. The minimum atomic E-state index is -4.32. The summed E-state index contributed by atoms with van der Waals surface area (Å²) in [5.74, 6) is 0.419. The standard InChI is InChI=1S/C25H28F3NO2/c26-25(27,28)22-13-11-20(12-14-22)19-7-9-21(10-8-19)24(30)31-23-15-5-18(6-16-23)4-2-1-3-17-29/h1-4,11-14,18-19,21,23H,5-10,15-16H2/b3-1?,4-2+/t18?,19-,21-,23?. The van der Waals surface area contributed by atoms with Crippen LogP contribution in [-0.2, 0) is 15.7 Å². The average molecular weight is 431 g/mol. The first-order valence-corrected chi connectivity index (χ1v) is 11.0. The molecule has 0 unspecified atom stereocenters. The van der Waals surface area contributed by atoms with Crippen LogP contribution in [0.25, 0.3) is 0 Å². The van der Waals surface area contributed by atoms with Crippen LogP contribution in [0.1, 0.15) is 68.4 Å². The summed E-state index contributed by atoms with van der Waals surface area (Å²) in [4.78, 5) is 12.6. The maximum atomic E-state index is 12.7. The predicted molar refractivity (Wildman–Crippen MR) is 112 cm³/mol. The van der Waals surface area contributed by atoms with Gasteiger partial charge in [0.15, 0.2) is 0 Å². The third kappa shape index (κ3) is 6.72.